The molecule has 7 nitrogen and oxygen atoms in total. The van der Waals surface area contributed by atoms with Crippen LogP contribution in [0.5, 0.6) is 0 Å². The van der Waals surface area contributed by atoms with Crippen molar-refractivity contribution in [2.24, 2.45) is 0 Å². The van der Waals surface area contributed by atoms with Gasteiger partial charge in [-0.3, -0.25) is 10.1 Å². The number of aromatic nitrogens is 5. The Bertz CT molecular complexity index is 845. The number of carbonyl (C=O) groups is 1. The molecule has 0 aliphatic rings. The van der Waals surface area contributed by atoms with Crippen molar-refractivity contribution in [1.29, 1.82) is 0 Å². The summed E-state index contributed by atoms with van der Waals surface area (Å²) >= 11 is 1.44. The van der Waals surface area contributed by atoms with Crippen molar-refractivity contribution in [3.63, 3.8) is 0 Å². The fraction of sp³-hybridized carbons (Fsp3) is 0.267. The zero-order valence-corrected chi connectivity index (χ0v) is 14.1. The van der Waals surface area contributed by atoms with Gasteiger partial charge in [0.2, 0.25) is 0 Å². The third kappa shape index (κ3) is 3.11. The van der Waals surface area contributed by atoms with Gasteiger partial charge in [-0.1, -0.05) is 0 Å². The van der Waals surface area contributed by atoms with Gasteiger partial charge in [0.25, 0.3) is 5.91 Å². The van der Waals surface area contributed by atoms with E-state index in [9.17, 15) is 4.79 Å². The number of amides is 1. The normalized spacial score (nSPS) is 10.8. The molecule has 1 N–H and O–H groups in total. The fourth-order valence-corrected chi connectivity index (χ4v) is 2.92. The topological polar surface area (TPSA) is 85.6 Å². The van der Waals surface area contributed by atoms with Crippen molar-refractivity contribution < 1.29 is 4.79 Å². The Balaban J connectivity index is 1.79. The van der Waals surface area contributed by atoms with E-state index < -0.39 is 0 Å². The Kier molecular flexibility index (Phi) is 3.91. The van der Waals surface area contributed by atoms with Crippen molar-refractivity contribution in [3.8, 4) is 5.82 Å². The lowest BCUT2D eigenvalue weighted by atomic mass is 10.3. The maximum absolute atomic E-state index is 12.2. The van der Waals surface area contributed by atoms with Gasteiger partial charge in [0.05, 0.1) is 11.4 Å². The van der Waals surface area contributed by atoms with Crippen LogP contribution in [0.3, 0.4) is 0 Å². The molecule has 0 spiro atoms. The molecule has 0 saturated carbocycles. The average Bonchev–Trinajstić information content (AvgIpc) is 3.01. The van der Waals surface area contributed by atoms with Crippen LogP contribution in [0.4, 0.5) is 5.13 Å². The van der Waals surface area contributed by atoms with Gasteiger partial charge < -0.3 is 0 Å². The van der Waals surface area contributed by atoms with E-state index in [1.165, 1.54) is 11.3 Å². The predicted octanol–water partition coefficient (Wildman–Crippen LogP) is 2.60. The summed E-state index contributed by atoms with van der Waals surface area (Å²) in [4.78, 5) is 17.5. The van der Waals surface area contributed by atoms with Crippen LogP contribution in [0, 0.1) is 27.7 Å². The van der Waals surface area contributed by atoms with E-state index in [1.54, 1.807) is 16.8 Å². The molecule has 0 aliphatic heterocycles. The van der Waals surface area contributed by atoms with E-state index in [1.807, 2.05) is 33.8 Å². The lowest BCUT2D eigenvalue weighted by Crippen LogP contribution is -2.15. The largest absolute Gasteiger partial charge is 0.296 e. The number of aryl methyl sites for hydroxylation is 4. The number of nitrogens with one attached hydrogen (secondary N) is 1. The number of nitrogens with zero attached hydrogens (tertiary/aromatic N) is 5. The first-order chi connectivity index (χ1) is 10.9. The molecule has 3 heterocycles. The van der Waals surface area contributed by atoms with Gasteiger partial charge in [-0.2, -0.15) is 5.10 Å². The van der Waals surface area contributed by atoms with E-state index in [2.05, 4.69) is 25.6 Å². The van der Waals surface area contributed by atoms with Crippen molar-refractivity contribution in [1.82, 2.24) is 25.0 Å². The third-order valence-corrected chi connectivity index (χ3v) is 4.35. The highest BCUT2D eigenvalue weighted by Gasteiger charge is 2.13. The lowest BCUT2D eigenvalue weighted by molar-refractivity contribution is 0.102. The Labute approximate surface area is 137 Å². The maximum atomic E-state index is 12.2. The molecule has 23 heavy (non-hydrogen) atoms. The molecule has 3 rings (SSSR count). The highest BCUT2D eigenvalue weighted by Crippen LogP contribution is 2.21. The molecule has 118 valence electrons. The maximum Gasteiger partial charge on any atom is 0.277 e. The molecular formula is C15H16N6OS. The van der Waals surface area contributed by atoms with Crippen LogP contribution < -0.4 is 5.32 Å². The minimum absolute atomic E-state index is 0.237. The van der Waals surface area contributed by atoms with Gasteiger partial charge in [0, 0.05) is 10.6 Å². The molecule has 1 amide bonds. The summed E-state index contributed by atoms with van der Waals surface area (Å²) in [5.74, 6) is 0.249. The summed E-state index contributed by atoms with van der Waals surface area (Å²) in [6, 6.07) is 5.30. The molecule has 0 aliphatic carbocycles. The van der Waals surface area contributed by atoms with Gasteiger partial charge in [-0.25, -0.2) is 9.67 Å². The van der Waals surface area contributed by atoms with Gasteiger partial charge in [-0.15, -0.1) is 21.5 Å². The molecule has 0 fully saturated rings. The van der Waals surface area contributed by atoms with E-state index >= 15 is 0 Å². The Morgan fingerprint density at radius 3 is 2.48 bits per heavy atom. The Morgan fingerprint density at radius 1 is 1.17 bits per heavy atom. The van der Waals surface area contributed by atoms with Gasteiger partial charge >= 0.3 is 0 Å². The summed E-state index contributed by atoms with van der Waals surface area (Å²) in [6.45, 7) is 7.72. The first-order valence-electron chi connectivity index (χ1n) is 7.07. The predicted molar refractivity (Wildman–Crippen MR) is 88.2 cm³/mol. The Morgan fingerprint density at radius 2 is 1.96 bits per heavy atom. The SMILES string of the molecule is Cc1cc(C)n(-c2ccc(C(=O)Nc3nc(C)c(C)s3)nn2)n1. The zero-order valence-electron chi connectivity index (χ0n) is 13.3. The average molecular weight is 328 g/mol. The van der Waals surface area contributed by atoms with E-state index in [4.69, 9.17) is 0 Å². The van der Waals surface area contributed by atoms with Crippen LogP contribution >= 0.6 is 11.3 Å². The van der Waals surface area contributed by atoms with Gasteiger partial charge in [0.1, 0.15) is 0 Å². The highest BCUT2D eigenvalue weighted by atomic mass is 32.1. The number of anilines is 1. The first-order valence-corrected chi connectivity index (χ1v) is 7.88. The summed E-state index contributed by atoms with van der Waals surface area (Å²) in [7, 11) is 0. The van der Waals surface area contributed by atoms with Crippen molar-refractivity contribution in [2.75, 3.05) is 5.32 Å². The van der Waals surface area contributed by atoms with Crippen LogP contribution in [-0.4, -0.2) is 30.9 Å². The highest BCUT2D eigenvalue weighted by molar-refractivity contribution is 7.15. The molecule has 0 saturated heterocycles. The summed E-state index contributed by atoms with van der Waals surface area (Å²) in [6.07, 6.45) is 0. The quantitative estimate of drug-likeness (QED) is 0.799. The molecule has 3 aromatic heterocycles. The molecule has 0 aromatic carbocycles. The summed E-state index contributed by atoms with van der Waals surface area (Å²) in [5, 5.41) is 15.7. The molecule has 0 unspecified atom stereocenters. The van der Waals surface area contributed by atoms with Crippen LogP contribution in [0.1, 0.15) is 32.4 Å². The molecule has 0 atom stereocenters. The first kappa shape index (κ1) is 15.3. The minimum Gasteiger partial charge on any atom is -0.296 e. The zero-order chi connectivity index (χ0) is 16.6. The number of rotatable bonds is 3. The van der Waals surface area contributed by atoms with Gasteiger partial charge in [-0.05, 0) is 45.9 Å². The number of hydrogen-bond donors (Lipinski definition) is 1. The van der Waals surface area contributed by atoms with Crippen molar-refractivity contribution in [3.05, 3.63) is 45.9 Å². The second-order valence-corrected chi connectivity index (χ2v) is 6.43. The fourth-order valence-electron chi connectivity index (χ4n) is 2.11. The molecule has 0 bridgehead atoms. The number of thiazole rings is 1. The molecule has 0 radical (unpaired) electrons. The Hall–Kier alpha value is -2.61. The van der Waals surface area contributed by atoms with Crippen LogP contribution in [0.15, 0.2) is 18.2 Å². The molecule has 8 heteroatoms. The van der Waals surface area contributed by atoms with Crippen LogP contribution in [0.25, 0.3) is 5.82 Å². The second-order valence-electron chi connectivity index (χ2n) is 5.23. The number of hydrogen-bond acceptors (Lipinski definition) is 6. The van der Waals surface area contributed by atoms with Crippen LogP contribution in [-0.2, 0) is 0 Å². The summed E-state index contributed by atoms with van der Waals surface area (Å²) < 4.78 is 1.69. The van der Waals surface area contributed by atoms with E-state index in [0.29, 0.717) is 10.9 Å². The monoisotopic (exact) mass is 328 g/mol. The van der Waals surface area contributed by atoms with E-state index in [0.717, 1.165) is 22.0 Å². The van der Waals surface area contributed by atoms with Gasteiger partial charge in [0.15, 0.2) is 16.6 Å². The minimum atomic E-state index is -0.328. The molecular weight excluding hydrogens is 312 g/mol. The van der Waals surface area contributed by atoms with Crippen molar-refractivity contribution in [2.45, 2.75) is 27.7 Å². The van der Waals surface area contributed by atoms with Crippen molar-refractivity contribution >= 4 is 22.4 Å². The lowest BCUT2D eigenvalue weighted by Gasteiger charge is -2.04. The van der Waals surface area contributed by atoms with Crippen LogP contribution in [0.2, 0.25) is 0 Å². The third-order valence-electron chi connectivity index (χ3n) is 3.36. The molecule has 3 aromatic rings. The number of carbonyl (C=O) groups excluding carboxylic acids is 1. The second kappa shape index (κ2) is 5.88. The standard InChI is InChI=1S/C15H16N6OS/c1-8-7-9(2)21(20-8)13-6-5-12(18-19-13)14(22)17-15-16-10(3)11(4)23-15/h5-7H,1-4H3,(H,16,17,22). The van der Waals surface area contributed by atoms with E-state index in [-0.39, 0.29) is 11.6 Å². The smallest absolute Gasteiger partial charge is 0.277 e. The summed E-state index contributed by atoms with van der Waals surface area (Å²) in [5.41, 5.74) is 3.01.